The van der Waals surface area contributed by atoms with Gasteiger partial charge >= 0.3 is 0 Å². The van der Waals surface area contributed by atoms with E-state index in [0.29, 0.717) is 6.54 Å². The Morgan fingerprint density at radius 3 is 2.62 bits per heavy atom. The quantitative estimate of drug-likeness (QED) is 0.420. The molecular weight excluding hydrogens is 210 g/mol. The van der Waals surface area contributed by atoms with Crippen LogP contribution in [0.1, 0.15) is 27.2 Å². The van der Waals surface area contributed by atoms with Crippen molar-refractivity contribution in [1.82, 2.24) is 0 Å². The summed E-state index contributed by atoms with van der Waals surface area (Å²) in [5.41, 5.74) is 8.27. The van der Waals surface area contributed by atoms with Crippen molar-refractivity contribution in [3.8, 4) is 0 Å². The normalized spacial score (nSPS) is 40.4. The molecule has 2 aliphatic rings. The topological polar surface area (TPSA) is 76.5 Å². The molecule has 0 aromatic heterocycles. The summed E-state index contributed by atoms with van der Waals surface area (Å²) in [7, 11) is 0. The zero-order valence-corrected chi connectivity index (χ0v) is 9.79. The van der Waals surface area contributed by atoms with Crippen LogP contribution in [0, 0.1) is 0 Å². The number of hydrogen-bond donors (Lipinski definition) is 0. The average molecular weight is 227 g/mol. The van der Waals surface area contributed by atoms with Gasteiger partial charge in [0, 0.05) is 4.91 Å². The molecule has 0 spiro atoms. The van der Waals surface area contributed by atoms with Gasteiger partial charge in [0.25, 0.3) is 0 Å². The highest BCUT2D eigenvalue weighted by atomic mass is 16.8. The summed E-state index contributed by atoms with van der Waals surface area (Å²) >= 11 is 0. The highest BCUT2D eigenvalue weighted by Gasteiger charge is 2.54. The standard InChI is InChI=1S/C10H17N3O3/c1-4-6-8-9(16-10(2,3)15-6)7(14-8)5-12-13-11/h6-9H,4-5H2,1-3H3/t6-,7+,8?,9+/m0/s1. The van der Waals surface area contributed by atoms with Crippen molar-refractivity contribution in [3.63, 3.8) is 0 Å². The van der Waals surface area contributed by atoms with Crippen LogP contribution in [0.4, 0.5) is 0 Å². The van der Waals surface area contributed by atoms with E-state index >= 15 is 0 Å². The summed E-state index contributed by atoms with van der Waals surface area (Å²) in [6.45, 7) is 6.18. The van der Waals surface area contributed by atoms with Gasteiger partial charge in [0.05, 0.1) is 18.8 Å². The molecule has 0 N–H and O–H groups in total. The summed E-state index contributed by atoms with van der Waals surface area (Å²) in [4.78, 5) is 2.73. The highest BCUT2D eigenvalue weighted by Crippen LogP contribution is 2.39. The van der Waals surface area contributed by atoms with Crippen molar-refractivity contribution in [2.24, 2.45) is 5.11 Å². The van der Waals surface area contributed by atoms with E-state index in [1.54, 1.807) is 0 Å². The van der Waals surface area contributed by atoms with E-state index in [1.165, 1.54) is 0 Å². The molecule has 2 aliphatic heterocycles. The largest absolute Gasteiger partial charge is 0.367 e. The zero-order valence-electron chi connectivity index (χ0n) is 9.79. The van der Waals surface area contributed by atoms with E-state index in [4.69, 9.17) is 19.7 Å². The van der Waals surface area contributed by atoms with Gasteiger partial charge in [0.1, 0.15) is 12.2 Å². The summed E-state index contributed by atoms with van der Waals surface area (Å²) < 4.78 is 17.2. The number of ether oxygens (including phenoxy) is 3. The molecule has 0 amide bonds. The molecule has 0 aliphatic carbocycles. The SMILES string of the molecule is CC[C@@H]1OC(C)(C)O[C@H]2C1O[C@@H]2CN=[N+]=[N-]. The van der Waals surface area contributed by atoms with E-state index in [0.717, 1.165) is 6.42 Å². The zero-order chi connectivity index (χ0) is 11.8. The van der Waals surface area contributed by atoms with Gasteiger partial charge in [-0.05, 0) is 25.8 Å². The first kappa shape index (κ1) is 11.7. The minimum atomic E-state index is -0.583. The highest BCUT2D eigenvalue weighted by molar-refractivity contribution is 4.99. The van der Waals surface area contributed by atoms with Crippen LogP contribution in [0.2, 0.25) is 0 Å². The summed E-state index contributed by atoms with van der Waals surface area (Å²) in [5, 5.41) is 3.52. The molecule has 0 radical (unpaired) electrons. The molecule has 0 aromatic carbocycles. The Bertz CT molecular complexity index is 314. The van der Waals surface area contributed by atoms with Crippen LogP contribution >= 0.6 is 0 Å². The molecule has 0 aromatic rings. The fourth-order valence-electron chi connectivity index (χ4n) is 2.29. The van der Waals surface area contributed by atoms with E-state index in [1.807, 2.05) is 13.8 Å². The monoisotopic (exact) mass is 227 g/mol. The number of rotatable bonds is 3. The predicted octanol–water partition coefficient (Wildman–Crippen LogP) is 1.99. The van der Waals surface area contributed by atoms with Gasteiger partial charge in [-0.25, -0.2) is 0 Å². The lowest BCUT2D eigenvalue weighted by Crippen LogP contribution is -2.68. The second-order valence-corrected chi connectivity index (χ2v) is 4.60. The maximum atomic E-state index is 8.27. The fourth-order valence-corrected chi connectivity index (χ4v) is 2.29. The Labute approximate surface area is 94.5 Å². The van der Waals surface area contributed by atoms with Crippen molar-refractivity contribution in [2.75, 3.05) is 6.54 Å². The number of hydrogen-bond acceptors (Lipinski definition) is 4. The van der Waals surface area contributed by atoms with Crippen molar-refractivity contribution in [3.05, 3.63) is 10.4 Å². The predicted molar refractivity (Wildman–Crippen MR) is 56.8 cm³/mol. The summed E-state index contributed by atoms with van der Waals surface area (Å²) in [6.07, 6.45) is 0.799. The maximum absolute atomic E-state index is 8.27. The molecule has 6 heteroatoms. The molecule has 2 heterocycles. The van der Waals surface area contributed by atoms with Crippen molar-refractivity contribution < 1.29 is 14.2 Å². The Morgan fingerprint density at radius 2 is 2.00 bits per heavy atom. The Morgan fingerprint density at radius 1 is 1.25 bits per heavy atom. The molecule has 2 saturated heterocycles. The Hall–Kier alpha value is -0.810. The van der Waals surface area contributed by atoms with Gasteiger partial charge in [-0.1, -0.05) is 12.0 Å². The summed E-state index contributed by atoms with van der Waals surface area (Å²) in [6, 6.07) is 0. The fraction of sp³-hybridized carbons (Fsp3) is 1.00. The molecule has 4 atom stereocenters. The van der Waals surface area contributed by atoms with Gasteiger partial charge < -0.3 is 14.2 Å². The Kier molecular flexibility index (Phi) is 3.08. The molecule has 2 fully saturated rings. The van der Waals surface area contributed by atoms with Crippen LogP contribution in [0.25, 0.3) is 10.4 Å². The average Bonchev–Trinajstić information content (AvgIpc) is 2.22. The second kappa shape index (κ2) is 4.22. The molecule has 0 saturated carbocycles. The van der Waals surface area contributed by atoms with E-state index in [2.05, 4.69) is 16.9 Å². The minimum absolute atomic E-state index is 0.0146. The first-order chi connectivity index (χ1) is 7.57. The van der Waals surface area contributed by atoms with Crippen LogP contribution in [0.3, 0.4) is 0 Å². The minimum Gasteiger partial charge on any atom is -0.367 e. The molecule has 90 valence electrons. The van der Waals surface area contributed by atoms with Gasteiger partial charge in [-0.15, -0.1) is 0 Å². The van der Waals surface area contributed by atoms with Crippen LogP contribution in [-0.4, -0.2) is 36.7 Å². The third-order valence-electron chi connectivity index (χ3n) is 2.97. The van der Waals surface area contributed by atoms with E-state index < -0.39 is 5.79 Å². The second-order valence-electron chi connectivity index (χ2n) is 4.60. The molecular formula is C10H17N3O3. The first-order valence-electron chi connectivity index (χ1n) is 5.59. The third-order valence-corrected chi connectivity index (χ3v) is 2.97. The molecule has 2 rings (SSSR count). The number of azide groups is 1. The Balaban J connectivity index is 2.02. The summed E-state index contributed by atoms with van der Waals surface area (Å²) in [5.74, 6) is -0.583. The molecule has 1 unspecified atom stereocenters. The van der Waals surface area contributed by atoms with Gasteiger partial charge in [-0.2, -0.15) is 0 Å². The molecule has 0 bridgehead atoms. The van der Waals surface area contributed by atoms with Crippen LogP contribution in [0.15, 0.2) is 5.11 Å². The van der Waals surface area contributed by atoms with Crippen LogP contribution in [-0.2, 0) is 14.2 Å². The number of fused-ring (bicyclic) bond motifs is 1. The lowest BCUT2D eigenvalue weighted by molar-refractivity contribution is -0.403. The smallest absolute Gasteiger partial charge is 0.163 e. The van der Waals surface area contributed by atoms with E-state index in [-0.39, 0.29) is 24.4 Å². The molecule has 6 nitrogen and oxygen atoms in total. The van der Waals surface area contributed by atoms with Gasteiger partial charge in [0.15, 0.2) is 5.79 Å². The van der Waals surface area contributed by atoms with Crippen molar-refractivity contribution >= 4 is 0 Å². The van der Waals surface area contributed by atoms with Crippen molar-refractivity contribution in [1.29, 1.82) is 0 Å². The lowest BCUT2D eigenvalue weighted by atomic mass is 9.92. The van der Waals surface area contributed by atoms with E-state index in [9.17, 15) is 0 Å². The van der Waals surface area contributed by atoms with Gasteiger partial charge in [-0.3, -0.25) is 0 Å². The van der Waals surface area contributed by atoms with Crippen LogP contribution < -0.4 is 0 Å². The number of nitrogens with zero attached hydrogens (tertiary/aromatic N) is 3. The maximum Gasteiger partial charge on any atom is 0.163 e. The molecule has 16 heavy (non-hydrogen) atoms. The van der Waals surface area contributed by atoms with Crippen molar-refractivity contribution in [2.45, 2.75) is 57.4 Å². The van der Waals surface area contributed by atoms with Crippen LogP contribution in [0.5, 0.6) is 0 Å². The lowest BCUT2D eigenvalue weighted by Gasteiger charge is -2.54. The third kappa shape index (κ3) is 2.01. The first-order valence-corrected chi connectivity index (χ1v) is 5.59. The van der Waals surface area contributed by atoms with Gasteiger partial charge in [0.2, 0.25) is 0 Å².